The topological polar surface area (TPSA) is 40.8 Å². The molecular weight excluding hydrogens is 743 g/mol. The average Bonchev–Trinajstić information content (AvgIpc) is 3.81. The predicted molar refractivity (Wildman–Crippen MR) is 253 cm³/mol. The lowest BCUT2D eigenvalue weighted by Gasteiger charge is -2.30. The van der Waals surface area contributed by atoms with Crippen molar-refractivity contribution < 1.29 is 4.42 Å². The van der Waals surface area contributed by atoms with Gasteiger partial charge in [-0.1, -0.05) is 141 Å². The van der Waals surface area contributed by atoms with Crippen molar-refractivity contribution in [2.45, 2.75) is 25.3 Å². The second kappa shape index (κ2) is 13.7. The van der Waals surface area contributed by atoms with E-state index >= 15 is 0 Å². The van der Waals surface area contributed by atoms with Crippen LogP contribution in [-0.4, -0.2) is 5.84 Å². The van der Waals surface area contributed by atoms with E-state index in [9.17, 15) is 0 Å². The van der Waals surface area contributed by atoms with Gasteiger partial charge in [0.25, 0.3) is 0 Å². The number of hydrogen-bond acceptors (Lipinski definition) is 4. The van der Waals surface area contributed by atoms with E-state index in [1.807, 2.05) is 0 Å². The van der Waals surface area contributed by atoms with Crippen LogP contribution < -0.4 is 10.2 Å². The van der Waals surface area contributed by atoms with Crippen molar-refractivity contribution in [2.75, 3.05) is 4.90 Å². The Hall–Kier alpha value is -7.69. The number of nitrogens with zero attached hydrogens (tertiary/aromatic N) is 2. The molecule has 290 valence electrons. The Morgan fingerprint density at radius 3 is 2.05 bits per heavy atom. The van der Waals surface area contributed by atoms with E-state index < -0.39 is 0 Å². The third kappa shape index (κ3) is 5.63. The molecule has 1 N–H and O–H groups in total. The van der Waals surface area contributed by atoms with Gasteiger partial charge in [0, 0.05) is 49.8 Å². The number of rotatable bonds is 6. The molecule has 1 unspecified atom stereocenters. The SMILES string of the molecule is CC1(C)c2ccccc2-c2ccc(N(c3ccccc3)c3ccc(C4=Nc5ccccc5C(c5cc(-c6ccccc6)cc6oc7c8ccccc8ccc7c56)N4)cc3)cc21. The Morgan fingerprint density at radius 2 is 1.20 bits per heavy atom. The van der Waals surface area contributed by atoms with Crippen molar-refractivity contribution in [2.24, 2.45) is 4.99 Å². The van der Waals surface area contributed by atoms with Crippen molar-refractivity contribution >= 4 is 61.3 Å². The summed E-state index contributed by atoms with van der Waals surface area (Å²) in [7, 11) is 0. The highest BCUT2D eigenvalue weighted by atomic mass is 16.3. The normalized spacial score (nSPS) is 14.9. The van der Waals surface area contributed by atoms with Crippen LogP contribution in [0.3, 0.4) is 0 Å². The number of para-hydroxylation sites is 2. The maximum atomic E-state index is 6.86. The fourth-order valence-corrected chi connectivity index (χ4v) is 9.91. The molecule has 0 saturated heterocycles. The summed E-state index contributed by atoms with van der Waals surface area (Å²) in [6.07, 6.45) is 0. The average molecular weight is 784 g/mol. The zero-order valence-corrected chi connectivity index (χ0v) is 33.9. The lowest BCUT2D eigenvalue weighted by atomic mass is 9.82. The van der Waals surface area contributed by atoms with Crippen molar-refractivity contribution in [1.82, 2.24) is 5.32 Å². The van der Waals surface area contributed by atoms with Gasteiger partial charge < -0.3 is 14.6 Å². The summed E-state index contributed by atoms with van der Waals surface area (Å²) in [5.41, 5.74) is 16.8. The van der Waals surface area contributed by atoms with Gasteiger partial charge in [-0.25, -0.2) is 4.99 Å². The summed E-state index contributed by atoms with van der Waals surface area (Å²) in [5.74, 6) is 0.829. The number of fused-ring (bicyclic) bond motifs is 9. The first kappa shape index (κ1) is 35.3. The van der Waals surface area contributed by atoms with Crippen LogP contribution in [0.2, 0.25) is 0 Å². The van der Waals surface area contributed by atoms with E-state index in [4.69, 9.17) is 9.41 Å². The minimum Gasteiger partial charge on any atom is -0.455 e. The summed E-state index contributed by atoms with van der Waals surface area (Å²) in [5, 5.41) is 8.45. The van der Waals surface area contributed by atoms with Gasteiger partial charge in [-0.2, -0.15) is 0 Å². The molecule has 1 aliphatic carbocycles. The van der Waals surface area contributed by atoms with Crippen LogP contribution in [0.1, 0.15) is 47.7 Å². The van der Waals surface area contributed by atoms with Crippen LogP contribution >= 0.6 is 0 Å². The maximum Gasteiger partial charge on any atom is 0.143 e. The van der Waals surface area contributed by atoms with Crippen LogP contribution in [0, 0.1) is 0 Å². The lowest BCUT2D eigenvalue weighted by molar-refractivity contribution is 0.660. The van der Waals surface area contributed by atoms with Crippen LogP contribution in [0.25, 0.3) is 55.0 Å². The quantitative estimate of drug-likeness (QED) is 0.183. The molecule has 2 aliphatic rings. The third-order valence-corrected chi connectivity index (χ3v) is 12.9. The number of anilines is 3. The number of nitrogens with one attached hydrogen (secondary N) is 1. The van der Waals surface area contributed by atoms with Crippen LogP contribution in [0.4, 0.5) is 22.7 Å². The van der Waals surface area contributed by atoms with Gasteiger partial charge in [0.05, 0.1) is 11.7 Å². The molecule has 0 fully saturated rings. The highest BCUT2D eigenvalue weighted by molar-refractivity contribution is 6.17. The molecule has 1 atom stereocenters. The monoisotopic (exact) mass is 783 g/mol. The molecule has 1 aliphatic heterocycles. The standard InChI is InChI=1S/C57H41N3O/c1-57(2)49-23-13-11-21-44(49)45-32-30-42(35-50(45)57)60(40-18-7-4-8-19-40)41-28-25-38(26-29-41)56-58-51-24-14-12-22-46(51)54(59-56)48-33-39(36-15-5-3-6-16-36)34-52-53(48)47-31-27-37-17-9-10-20-43(37)55(47)61-52/h3-35,54H,1-2H3,(H,58,59). The number of aliphatic imine (C=N–C) groups is 1. The van der Waals surface area contributed by atoms with Crippen LogP contribution in [0.5, 0.6) is 0 Å². The van der Waals surface area contributed by atoms with E-state index in [1.54, 1.807) is 0 Å². The predicted octanol–water partition coefficient (Wildman–Crippen LogP) is 15.0. The first-order chi connectivity index (χ1) is 30.0. The highest BCUT2D eigenvalue weighted by Gasteiger charge is 2.36. The first-order valence-electron chi connectivity index (χ1n) is 21.1. The zero-order valence-electron chi connectivity index (χ0n) is 33.9. The molecule has 1 aromatic heterocycles. The van der Waals surface area contributed by atoms with Gasteiger partial charge in [0.2, 0.25) is 0 Å². The van der Waals surface area contributed by atoms with E-state index in [0.29, 0.717) is 0 Å². The Kier molecular flexibility index (Phi) is 7.91. The molecule has 4 nitrogen and oxygen atoms in total. The highest BCUT2D eigenvalue weighted by Crippen LogP contribution is 2.51. The van der Waals surface area contributed by atoms with Crippen molar-refractivity contribution in [3.8, 4) is 22.3 Å². The summed E-state index contributed by atoms with van der Waals surface area (Å²) >= 11 is 0. The van der Waals surface area contributed by atoms with Gasteiger partial charge in [0.15, 0.2) is 0 Å². The minimum atomic E-state index is -0.193. The third-order valence-electron chi connectivity index (χ3n) is 12.9. The summed E-state index contributed by atoms with van der Waals surface area (Å²) < 4.78 is 6.86. The van der Waals surface area contributed by atoms with Gasteiger partial charge in [-0.3, -0.25) is 0 Å². The molecule has 0 amide bonds. The number of benzene rings is 9. The number of hydrogen-bond donors (Lipinski definition) is 1. The van der Waals surface area contributed by atoms with Gasteiger partial charge in [-0.15, -0.1) is 0 Å². The molecule has 9 aromatic carbocycles. The second-order valence-electron chi connectivity index (χ2n) is 16.8. The molecular formula is C57H41N3O. The van der Waals surface area contributed by atoms with E-state index in [-0.39, 0.29) is 11.5 Å². The molecule has 0 saturated carbocycles. The Labute approximate surface area is 355 Å². The smallest absolute Gasteiger partial charge is 0.143 e. The van der Waals surface area contributed by atoms with Crippen LogP contribution in [0.15, 0.2) is 210 Å². The van der Waals surface area contributed by atoms with E-state index in [1.165, 1.54) is 22.3 Å². The summed E-state index contributed by atoms with van der Waals surface area (Å²) in [4.78, 5) is 7.64. The Morgan fingerprint density at radius 1 is 0.508 bits per heavy atom. The first-order valence-corrected chi connectivity index (χ1v) is 21.1. The molecule has 61 heavy (non-hydrogen) atoms. The Bertz CT molecular complexity index is 3360. The maximum absolute atomic E-state index is 6.86. The van der Waals surface area contributed by atoms with Gasteiger partial charge in [-0.05, 0) is 117 Å². The molecule has 0 spiro atoms. The second-order valence-corrected chi connectivity index (χ2v) is 16.8. The summed E-state index contributed by atoms with van der Waals surface area (Å²) in [6.45, 7) is 4.68. The molecule has 2 heterocycles. The zero-order chi connectivity index (χ0) is 40.7. The Balaban J connectivity index is 0.971. The van der Waals surface area contributed by atoms with Gasteiger partial charge in [0.1, 0.15) is 17.0 Å². The van der Waals surface area contributed by atoms with Crippen molar-refractivity contribution in [3.05, 3.63) is 228 Å². The number of furan rings is 1. The van der Waals surface area contributed by atoms with E-state index in [2.05, 4.69) is 224 Å². The summed E-state index contributed by atoms with van der Waals surface area (Å²) in [6, 6.07) is 71.6. The van der Waals surface area contributed by atoms with Gasteiger partial charge >= 0.3 is 0 Å². The molecule has 12 rings (SSSR count). The van der Waals surface area contributed by atoms with Crippen molar-refractivity contribution in [3.63, 3.8) is 0 Å². The minimum absolute atomic E-state index is 0.103. The molecule has 4 heteroatoms. The largest absolute Gasteiger partial charge is 0.455 e. The molecule has 10 aromatic rings. The molecule has 0 radical (unpaired) electrons. The fraction of sp³-hybridized carbons (Fsp3) is 0.0702. The lowest BCUT2D eigenvalue weighted by Crippen LogP contribution is -2.33. The van der Waals surface area contributed by atoms with Crippen LogP contribution in [-0.2, 0) is 5.41 Å². The van der Waals surface area contributed by atoms with Crippen molar-refractivity contribution in [1.29, 1.82) is 0 Å². The fourth-order valence-electron chi connectivity index (χ4n) is 9.91. The van der Waals surface area contributed by atoms with E-state index in [0.717, 1.165) is 89.1 Å². The molecule has 0 bridgehead atoms. The number of amidine groups is 1.